The van der Waals surface area contributed by atoms with Crippen LogP contribution in [0.1, 0.15) is 16.7 Å². The van der Waals surface area contributed by atoms with Gasteiger partial charge < -0.3 is 5.11 Å². The molecule has 3 nitrogen and oxygen atoms in total. The third-order valence-electron chi connectivity index (χ3n) is 4.67. The second kappa shape index (κ2) is 8.23. The molecule has 1 heterocycles. The van der Waals surface area contributed by atoms with Crippen molar-refractivity contribution in [3.8, 4) is 0 Å². The first-order chi connectivity index (χ1) is 12.1. The topological polar surface area (TPSA) is 26.7 Å². The van der Waals surface area contributed by atoms with Crippen molar-refractivity contribution in [1.29, 1.82) is 0 Å². The summed E-state index contributed by atoms with van der Waals surface area (Å²) in [5.74, 6) is -1.22. The highest BCUT2D eigenvalue weighted by atomic mass is 35.5. The molecular formula is C19H21ClF2N2O. The lowest BCUT2D eigenvalue weighted by molar-refractivity contribution is 0.119. The van der Waals surface area contributed by atoms with E-state index in [9.17, 15) is 13.9 Å². The van der Waals surface area contributed by atoms with Crippen LogP contribution < -0.4 is 0 Å². The number of hydrogen-bond acceptors (Lipinski definition) is 3. The number of aliphatic hydroxyl groups is 1. The normalized spacial score (nSPS) is 16.3. The van der Waals surface area contributed by atoms with Gasteiger partial charge in [0.1, 0.15) is 11.6 Å². The Hall–Kier alpha value is -1.53. The minimum Gasteiger partial charge on any atom is -0.392 e. The minimum atomic E-state index is -0.666. The Morgan fingerprint density at radius 1 is 0.880 bits per heavy atom. The maximum Gasteiger partial charge on any atom is 0.149 e. The van der Waals surface area contributed by atoms with Crippen LogP contribution in [0.5, 0.6) is 0 Å². The molecule has 6 heteroatoms. The summed E-state index contributed by atoms with van der Waals surface area (Å²) >= 11 is 5.76. The van der Waals surface area contributed by atoms with Gasteiger partial charge in [0.25, 0.3) is 0 Å². The molecule has 0 spiro atoms. The van der Waals surface area contributed by atoms with E-state index in [1.807, 2.05) is 29.2 Å². The molecule has 0 atom stereocenters. The number of benzene rings is 2. The van der Waals surface area contributed by atoms with Gasteiger partial charge in [-0.2, -0.15) is 0 Å². The van der Waals surface area contributed by atoms with E-state index >= 15 is 0 Å². The summed E-state index contributed by atoms with van der Waals surface area (Å²) in [5.41, 5.74) is 2.09. The minimum absolute atomic E-state index is 0.0312. The van der Waals surface area contributed by atoms with Crippen molar-refractivity contribution < 1.29 is 13.9 Å². The molecular weight excluding hydrogens is 346 g/mol. The van der Waals surface area contributed by atoms with Crippen molar-refractivity contribution in [2.45, 2.75) is 19.7 Å². The van der Waals surface area contributed by atoms with Gasteiger partial charge >= 0.3 is 0 Å². The largest absolute Gasteiger partial charge is 0.392 e. The van der Waals surface area contributed by atoms with E-state index in [4.69, 9.17) is 11.6 Å². The van der Waals surface area contributed by atoms with Crippen LogP contribution in [-0.4, -0.2) is 41.1 Å². The van der Waals surface area contributed by atoms with Crippen molar-refractivity contribution in [2.24, 2.45) is 0 Å². The van der Waals surface area contributed by atoms with E-state index < -0.39 is 11.6 Å². The van der Waals surface area contributed by atoms with E-state index in [-0.39, 0.29) is 23.7 Å². The molecule has 0 aromatic heterocycles. The van der Waals surface area contributed by atoms with Crippen molar-refractivity contribution >= 4 is 11.6 Å². The van der Waals surface area contributed by atoms with Gasteiger partial charge in [-0.3, -0.25) is 9.80 Å². The lowest BCUT2D eigenvalue weighted by Crippen LogP contribution is -2.45. The number of piperazine rings is 1. The number of hydrogen-bond donors (Lipinski definition) is 1. The second-order valence-electron chi connectivity index (χ2n) is 6.30. The van der Waals surface area contributed by atoms with Crippen LogP contribution in [0.4, 0.5) is 8.78 Å². The second-order valence-corrected chi connectivity index (χ2v) is 6.71. The Labute approximate surface area is 151 Å². The Kier molecular flexibility index (Phi) is 6.02. The van der Waals surface area contributed by atoms with Crippen molar-refractivity contribution in [1.82, 2.24) is 9.80 Å². The van der Waals surface area contributed by atoms with E-state index in [1.54, 1.807) is 0 Å². The highest BCUT2D eigenvalue weighted by molar-refractivity contribution is 6.30. The Bertz CT molecular complexity index is 733. The van der Waals surface area contributed by atoms with Crippen LogP contribution in [0.2, 0.25) is 5.02 Å². The zero-order valence-electron chi connectivity index (χ0n) is 13.9. The summed E-state index contributed by atoms with van der Waals surface area (Å²) < 4.78 is 27.9. The van der Waals surface area contributed by atoms with Crippen molar-refractivity contribution in [2.75, 3.05) is 26.2 Å². The first-order valence-electron chi connectivity index (χ1n) is 8.33. The summed E-state index contributed by atoms with van der Waals surface area (Å²) in [4.78, 5) is 4.32. The van der Waals surface area contributed by atoms with Gasteiger partial charge in [-0.25, -0.2) is 8.78 Å². The molecule has 3 rings (SSSR count). The quantitative estimate of drug-likeness (QED) is 0.821. The van der Waals surface area contributed by atoms with Gasteiger partial charge in [0.15, 0.2) is 0 Å². The third-order valence-corrected chi connectivity index (χ3v) is 4.96. The maximum atomic E-state index is 14.0. The van der Waals surface area contributed by atoms with Gasteiger partial charge in [-0.1, -0.05) is 35.9 Å². The molecule has 0 radical (unpaired) electrons. The van der Waals surface area contributed by atoms with Crippen LogP contribution in [0.15, 0.2) is 36.4 Å². The molecule has 1 N–H and O–H groups in total. The standard InChI is InChI=1S/C19H21ClF2N2O/c20-17-5-6-18(21)16(19(17)22)12-24-9-7-23(8-10-24)11-14-3-1-2-4-15(14)13-25/h1-6,25H,7-13H2. The van der Waals surface area contributed by atoms with Gasteiger partial charge in [0.05, 0.1) is 11.6 Å². The SMILES string of the molecule is OCc1ccccc1CN1CCN(Cc2c(F)ccc(Cl)c2F)CC1. The van der Waals surface area contributed by atoms with Crippen LogP contribution in [0, 0.1) is 11.6 Å². The van der Waals surface area contributed by atoms with Crippen molar-refractivity contribution in [3.63, 3.8) is 0 Å². The third kappa shape index (κ3) is 4.36. The summed E-state index contributed by atoms with van der Waals surface area (Å²) in [5, 5.41) is 9.37. The molecule has 2 aromatic rings. The molecule has 0 aliphatic carbocycles. The molecule has 0 bridgehead atoms. The molecule has 25 heavy (non-hydrogen) atoms. The molecule has 134 valence electrons. The van der Waals surface area contributed by atoms with Gasteiger partial charge in [-0.15, -0.1) is 0 Å². The average Bonchev–Trinajstić information content (AvgIpc) is 2.64. The first-order valence-corrected chi connectivity index (χ1v) is 8.71. The summed E-state index contributed by atoms with van der Waals surface area (Å²) in [6, 6.07) is 10.3. The number of aliphatic hydroxyl groups excluding tert-OH is 1. The fourth-order valence-electron chi connectivity index (χ4n) is 3.15. The molecule has 1 fully saturated rings. The highest BCUT2D eigenvalue weighted by Crippen LogP contribution is 2.23. The Morgan fingerprint density at radius 3 is 2.12 bits per heavy atom. The van der Waals surface area contributed by atoms with Gasteiger partial charge in [0.2, 0.25) is 0 Å². The summed E-state index contributed by atoms with van der Waals surface area (Å²) in [6.07, 6.45) is 0. The van der Waals surface area contributed by atoms with E-state index in [2.05, 4.69) is 4.90 Å². The summed E-state index contributed by atoms with van der Waals surface area (Å²) in [7, 11) is 0. The number of rotatable bonds is 5. The van der Waals surface area contributed by atoms with Crippen molar-refractivity contribution in [3.05, 3.63) is 69.7 Å². The monoisotopic (exact) mass is 366 g/mol. The van der Waals surface area contributed by atoms with Gasteiger partial charge in [0, 0.05) is 44.8 Å². The predicted molar refractivity (Wildman–Crippen MR) is 94.3 cm³/mol. The molecule has 1 saturated heterocycles. The van der Waals surface area contributed by atoms with Gasteiger partial charge in [-0.05, 0) is 23.3 Å². The molecule has 1 aliphatic heterocycles. The Balaban J connectivity index is 1.58. The number of halogens is 3. The predicted octanol–water partition coefficient (Wildman–Crippen LogP) is 3.43. The van der Waals surface area contributed by atoms with Crippen LogP contribution >= 0.6 is 11.6 Å². The molecule has 0 saturated carbocycles. The maximum absolute atomic E-state index is 14.0. The zero-order chi connectivity index (χ0) is 17.8. The fourth-order valence-corrected chi connectivity index (χ4v) is 3.33. The molecule has 1 aliphatic rings. The first kappa shape index (κ1) is 18.3. The van der Waals surface area contributed by atoms with Crippen LogP contribution in [0.25, 0.3) is 0 Å². The highest BCUT2D eigenvalue weighted by Gasteiger charge is 2.21. The van der Waals surface area contributed by atoms with Crippen LogP contribution in [-0.2, 0) is 19.7 Å². The van der Waals surface area contributed by atoms with E-state index in [0.29, 0.717) is 0 Å². The summed E-state index contributed by atoms with van der Waals surface area (Å²) in [6.45, 7) is 4.10. The Morgan fingerprint density at radius 2 is 1.48 bits per heavy atom. The van der Waals surface area contributed by atoms with Crippen LogP contribution in [0.3, 0.4) is 0 Å². The molecule has 0 unspecified atom stereocenters. The molecule has 2 aromatic carbocycles. The average molecular weight is 367 g/mol. The zero-order valence-corrected chi connectivity index (χ0v) is 14.6. The van der Waals surface area contributed by atoms with E-state index in [1.165, 1.54) is 12.1 Å². The smallest absolute Gasteiger partial charge is 0.149 e. The lowest BCUT2D eigenvalue weighted by Gasteiger charge is -2.35. The van der Waals surface area contributed by atoms with E-state index in [0.717, 1.165) is 43.9 Å². The lowest BCUT2D eigenvalue weighted by atomic mass is 10.1. The number of nitrogens with zero attached hydrogens (tertiary/aromatic N) is 2. The molecule has 0 amide bonds. The fraction of sp³-hybridized carbons (Fsp3) is 0.368.